The fourth-order valence-electron chi connectivity index (χ4n) is 6.12. The lowest BCUT2D eigenvalue weighted by Gasteiger charge is -2.42. The molecule has 5 atom stereocenters. The molecule has 4 fully saturated rings. The number of carbonyl (C=O) groups excluding carboxylic acids is 3. The maximum absolute atomic E-state index is 13.5. The molecule has 8 heteroatoms. The molecule has 5 unspecified atom stereocenters. The Bertz CT molecular complexity index is 664. The summed E-state index contributed by atoms with van der Waals surface area (Å²) in [6.45, 7) is 3.81. The van der Waals surface area contributed by atoms with E-state index in [1.54, 1.807) is 6.92 Å². The van der Waals surface area contributed by atoms with Crippen molar-refractivity contribution in [3.05, 3.63) is 0 Å². The number of nitrogens with zero attached hydrogens (tertiary/aromatic N) is 1. The van der Waals surface area contributed by atoms with E-state index >= 15 is 0 Å². The summed E-state index contributed by atoms with van der Waals surface area (Å²) in [6, 6.07) is 0.605. The Morgan fingerprint density at radius 2 is 1.60 bits per heavy atom. The van der Waals surface area contributed by atoms with Crippen LogP contribution in [0.3, 0.4) is 0 Å². The Hall–Kier alpha value is -1.67. The molecule has 0 spiro atoms. The summed E-state index contributed by atoms with van der Waals surface area (Å²) >= 11 is 0. The molecule has 2 aliphatic heterocycles. The van der Waals surface area contributed by atoms with Crippen molar-refractivity contribution in [3.63, 3.8) is 0 Å². The first-order chi connectivity index (χ1) is 14.4. The van der Waals surface area contributed by atoms with Gasteiger partial charge in [-0.25, -0.2) is 0 Å². The van der Waals surface area contributed by atoms with E-state index in [4.69, 9.17) is 4.74 Å². The van der Waals surface area contributed by atoms with Crippen LogP contribution in [0.2, 0.25) is 0 Å². The van der Waals surface area contributed by atoms with Crippen LogP contribution in [0, 0.1) is 11.8 Å². The smallest absolute Gasteiger partial charge is 0.225 e. The second-order valence-electron chi connectivity index (χ2n) is 9.54. The van der Waals surface area contributed by atoms with Gasteiger partial charge in [0.2, 0.25) is 17.7 Å². The highest BCUT2D eigenvalue weighted by Crippen LogP contribution is 2.40. The van der Waals surface area contributed by atoms with E-state index in [1.807, 2.05) is 0 Å². The molecule has 0 aromatic rings. The normalized spacial score (nSPS) is 38.7. The molecule has 4 rings (SSSR count). The van der Waals surface area contributed by atoms with Crippen molar-refractivity contribution in [2.24, 2.45) is 11.8 Å². The molecule has 3 amide bonds. The zero-order valence-corrected chi connectivity index (χ0v) is 18.2. The van der Waals surface area contributed by atoms with Crippen LogP contribution in [-0.4, -0.2) is 59.7 Å². The molecule has 0 radical (unpaired) electrons. The van der Waals surface area contributed by atoms with Crippen LogP contribution >= 0.6 is 0 Å². The predicted octanol–water partition coefficient (Wildman–Crippen LogP) is 1.25. The number of hydrogen-bond acceptors (Lipinski definition) is 5. The fraction of sp³-hybridized carbons (Fsp3) is 0.864. The molecule has 2 saturated carbocycles. The van der Waals surface area contributed by atoms with Gasteiger partial charge in [-0.1, -0.05) is 12.8 Å². The van der Waals surface area contributed by atoms with Gasteiger partial charge in [0, 0.05) is 50.4 Å². The van der Waals surface area contributed by atoms with E-state index in [0.29, 0.717) is 11.8 Å². The number of fused-ring (bicyclic) bond motifs is 3. The van der Waals surface area contributed by atoms with E-state index in [-0.39, 0.29) is 42.0 Å². The minimum Gasteiger partial charge on any atom is -0.354 e. The SMILES string of the molecule is CC(=O)NC1CCC(C(=O)N2CCC3NC(NC(C)=O)OC3C3CCCCC32)CC1. The van der Waals surface area contributed by atoms with E-state index in [0.717, 1.165) is 57.9 Å². The molecular formula is C22H36N4O4. The van der Waals surface area contributed by atoms with E-state index in [9.17, 15) is 14.4 Å². The standard InChI is InChI=1S/C22H36N4O4/c1-13(27)23-16-9-7-15(8-10-16)21(29)26-12-11-18-20(17-5-3-4-6-19(17)26)30-22(25-18)24-14(2)28/h15-20,22,25H,3-12H2,1-2H3,(H,23,27)(H,24,28). The lowest BCUT2D eigenvalue weighted by atomic mass is 9.78. The molecule has 2 saturated heterocycles. The zero-order valence-electron chi connectivity index (χ0n) is 18.2. The minimum atomic E-state index is -0.425. The summed E-state index contributed by atoms with van der Waals surface area (Å²) in [6.07, 6.45) is 8.36. The number of amides is 3. The monoisotopic (exact) mass is 420 g/mol. The van der Waals surface area contributed by atoms with Gasteiger partial charge in [0.1, 0.15) is 0 Å². The Balaban J connectivity index is 1.42. The predicted molar refractivity (Wildman–Crippen MR) is 111 cm³/mol. The van der Waals surface area contributed by atoms with Gasteiger partial charge in [0.25, 0.3) is 0 Å². The lowest BCUT2D eigenvalue weighted by Crippen LogP contribution is -2.51. The topological polar surface area (TPSA) is 99.8 Å². The highest BCUT2D eigenvalue weighted by molar-refractivity contribution is 5.79. The van der Waals surface area contributed by atoms with Gasteiger partial charge in [-0.05, 0) is 44.9 Å². The number of rotatable bonds is 3. The van der Waals surface area contributed by atoms with Crippen LogP contribution in [0.25, 0.3) is 0 Å². The van der Waals surface area contributed by atoms with Gasteiger partial charge < -0.3 is 20.3 Å². The average molecular weight is 421 g/mol. The third-order valence-electron chi connectivity index (χ3n) is 7.44. The molecule has 2 heterocycles. The number of nitrogens with one attached hydrogen (secondary N) is 3. The van der Waals surface area contributed by atoms with Crippen LogP contribution in [0.15, 0.2) is 0 Å². The van der Waals surface area contributed by atoms with Crippen LogP contribution in [-0.2, 0) is 19.1 Å². The second kappa shape index (κ2) is 9.22. The molecule has 3 N–H and O–H groups in total. The van der Waals surface area contributed by atoms with Crippen molar-refractivity contribution in [1.82, 2.24) is 20.9 Å². The summed E-state index contributed by atoms with van der Waals surface area (Å²) in [7, 11) is 0. The van der Waals surface area contributed by atoms with Gasteiger partial charge in [0.15, 0.2) is 6.35 Å². The van der Waals surface area contributed by atoms with E-state index in [1.165, 1.54) is 13.3 Å². The number of carbonyl (C=O) groups is 3. The Labute approximate surface area is 178 Å². The first-order valence-corrected chi connectivity index (χ1v) is 11.7. The van der Waals surface area contributed by atoms with Crippen LogP contribution in [0.5, 0.6) is 0 Å². The quantitative estimate of drug-likeness (QED) is 0.638. The van der Waals surface area contributed by atoms with Crippen molar-refractivity contribution < 1.29 is 19.1 Å². The molecular weight excluding hydrogens is 384 g/mol. The summed E-state index contributed by atoms with van der Waals surface area (Å²) < 4.78 is 6.23. The van der Waals surface area contributed by atoms with Crippen molar-refractivity contribution in [3.8, 4) is 0 Å². The minimum absolute atomic E-state index is 0.0129. The van der Waals surface area contributed by atoms with Crippen molar-refractivity contribution in [1.29, 1.82) is 0 Å². The van der Waals surface area contributed by atoms with Gasteiger partial charge in [0.05, 0.1) is 6.10 Å². The van der Waals surface area contributed by atoms with Gasteiger partial charge in [-0.2, -0.15) is 0 Å². The van der Waals surface area contributed by atoms with Crippen molar-refractivity contribution in [2.75, 3.05) is 6.54 Å². The van der Waals surface area contributed by atoms with Crippen LogP contribution in [0.4, 0.5) is 0 Å². The summed E-state index contributed by atoms with van der Waals surface area (Å²) in [5.74, 6) is 0.593. The highest BCUT2D eigenvalue weighted by Gasteiger charge is 2.49. The van der Waals surface area contributed by atoms with Crippen molar-refractivity contribution >= 4 is 17.7 Å². The number of likely N-dealkylation sites (tertiary alicyclic amines) is 1. The fourth-order valence-corrected chi connectivity index (χ4v) is 6.12. The molecule has 30 heavy (non-hydrogen) atoms. The Kier molecular flexibility index (Phi) is 6.63. The van der Waals surface area contributed by atoms with Gasteiger partial charge in [-0.3, -0.25) is 19.7 Å². The largest absolute Gasteiger partial charge is 0.354 e. The van der Waals surface area contributed by atoms with E-state index in [2.05, 4.69) is 20.9 Å². The van der Waals surface area contributed by atoms with Gasteiger partial charge >= 0.3 is 0 Å². The van der Waals surface area contributed by atoms with Crippen LogP contribution in [0.1, 0.15) is 71.6 Å². The lowest BCUT2D eigenvalue weighted by molar-refractivity contribution is -0.142. The highest BCUT2D eigenvalue weighted by atomic mass is 16.5. The first-order valence-electron chi connectivity index (χ1n) is 11.7. The molecule has 0 aromatic carbocycles. The second-order valence-corrected chi connectivity index (χ2v) is 9.54. The number of hydrogen-bond donors (Lipinski definition) is 3. The maximum Gasteiger partial charge on any atom is 0.225 e. The third-order valence-corrected chi connectivity index (χ3v) is 7.44. The molecule has 0 aromatic heterocycles. The first kappa shape index (κ1) is 21.6. The molecule has 4 aliphatic rings. The zero-order chi connectivity index (χ0) is 21.3. The summed E-state index contributed by atoms with van der Waals surface area (Å²) in [5.41, 5.74) is 0. The molecule has 8 nitrogen and oxygen atoms in total. The maximum atomic E-state index is 13.5. The third kappa shape index (κ3) is 4.64. The molecule has 168 valence electrons. The average Bonchev–Trinajstić information content (AvgIpc) is 3.03. The number of ether oxygens (including phenoxy) is 1. The summed E-state index contributed by atoms with van der Waals surface area (Å²) in [4.78, 5) is 38.5. The van der Waals surface area contributed by atoms with E-state index < -0.39 is 6.35 Å². The Morgan fingerprint density at radius 3 is 2.30 bits per heavy atom. The Morgan fingerprint density at radius 1 is 0.900 bits per heavy atom. The molecule has 2 aliphatic carbocycles. The van der Waals surface area contributed by atoms with Crippen molar-refractivity contribution in [2.45, 2.75) is 102 Å². The van der Waals surface area contributed by atoms with Gasteiger partial charge in [-0.15, -0.1) is 0 Å². The van der Waals surface area contributed by atoms with Crippen LogP contribution < -0.4 is 16.0 Å². The molecule has 0 bridgehead atoms. The summed E-state index contributed by atoms with van der Waals surface area (Å²) in [5, 5.41) is 9.26.